The Morgan fingerprint density at radius 2 is 2.33 bits per heavy atom. The van der Waals surface area contributed by atoms with Crippen LogP contribution < -0.4 is 0 Å². The SMILES string of the molecule is C1=CC2N=CC=NC2=N1. The van der Waals surface area contributed by atoms with Crippen molar-refractivity contribution in [1.82, 2.24) is 0 Å². The summed E-state index contributed by atoms with van der Waals surface area (Å²) in [5, 5.41) is 0. The zero-order valence-corrected chi connectivity index (χ0v) is 4.73. The molecule has 0 aliphatic carbocycles. The zero-order valence-electron chi connectivity index (χ0n) is 4.73. The fourth-order valence-corrected chi connectivity index (χ4v) is 0.830. The van der Waals surface area contributed by atoms with Crippen LogP contribution in [0.15, 0.2) is 27.3 Å². The van der Waals surface area contributed by atoms with E-state index >= 15 is 0 Å². The van der Waals surface area contributed by atoms with Crippen molar-refractivity contribution in [3.63, 3.8) is 0 Å². The Morgan fingerprint density at radius 1 is 1.33 bits per heavy atom. The average Bonchev–Trinajstić information content (AvgIpc) is 2.33. The highest BCUT2D eigenvalue weighted by Gasteiger charge is 2.14. The molecule has 0 aromatic carbocycles. The minimum atomic E-state index is 0.106. The first kappa shape index (κ1) is 4.61. The zero-order chi connectivity index (χ0) is 6.10. The average molecular weight is 119 g/mol. The van der Waals surface area contributed by atoms with Crippen LogP contribution in [0.1, 0.15) is 0 Å². The summed E-state index contributed by atoms with van der Waals surface area (Å²) < 4.78 is 0. The maximum atomic E-state index is 4.10. The standard InChI is InChI=1S/C6H5N3/c1-2-8-6-5(1)7-3-4-9-6/h1-5H. The number of fused-ring (bicyclic) bond motifs is 1. The lowest BCUT2D eigenvalue weighted by atomic mass is 10.3. The van der Waals surface area contributed by atoms with Gasteiger partial charge in [0.15, 0.2) is 5.84 Å². The van der Waals surface area contributed by atoms with E-state index < -0.39 is 0 Å². The lowest BCUT2D eigenvalue weighted by Gasteiger charge is -2.02. The third-order valence-electron chi connectivity index (χ3n) is 1.26. The predicted octanol–water partition coefficient (Wildman–Crippen LogP) is 0.436. The van der Waals surface area contributed by atoms with Crippen LogP contribution in [0.2, 0.25) is 0 Å². The summed E-state index contributed by atoms with van der Waals surface area (Å²) in [4.78, 5) is 12.1. The van der Waals surface area contributed by atoms with Crippen LogP contribution in [0.3, 0.4) is 0 Å². The number of rotatable bonds is 0. The first-order chi connectivity index (χ1) is 4.47. The highest BCUT2D eigenvalue weighted by atomic mass is 15.0. The molecule has 2 heterocycles. The molecule has 0 saturated carbocycles. The van der Waals surface area contributed by atoms with Gasteiger partial charge in [0.25, 0.3) is 0 Å². The molecule has 0 spiro atoms. The van der Waals surface area contributed by atoms with E-state index in [1.165, 1.54) is 0 Å². The van der Waals surface area contributed by atoms with Crippen LogP contribution in [0, 0.1) is 0 Å². The Kier molecular flexibility index (Phi) is 0.828. The van der Waals surface area contributed by atoms with Gasteiger partial charge in [0.2, 0.25) is 0 Å². The van der Waals surface area contributed by atoms with E-state index in [4.69, 9.17) is 0 Å². The Morgan fingerprint density at radius 3 is 3.22 bits per heavy atom. The quantitative estimate of drug-likeness (QED) is 0.443. The van der Waals surface area contributed by atoms with Crippen LogP contribution >= 0.6 is 0 Å². The van der Waals surface area contributed by atoms with E-state index in [-0.39, 0.29) is 6.04 Å². The van der Waals surface area contributed by atoms with Gasteiger partial charge in [-0.25, -0.2) is 9.98 Å². The van der Waals surface area contributed by atoms with E-state index in [0.717, 1.165) is 5.84 Å². The monoisotopic (exact) mass is 119 g/mol. The molecule has 0 saturated heterocycles. The molecule has 0 N–H and O–H groups in total. The van der Waals surface area contributed by atoms with E-state index in [2.05, 4.69) is 15.0 Å². The lowest BCUT2D eigenvalue weighted by molar-refractivity contribution is 1.09. The van der Waals surface area contributed by atoms with Crippen molar-refractivity contribution >= 4 is 18.3 Å². The van der Waals surface area contributed by atoms with Gasteiger partial charge >= 0.3 is 0 Å². The number of aliphatic imine (C=N–C) groups is 3. The lowest BCUT2D eigenvalue weighted by Crippen LogP contribution is -2.14. The minimum absolute atomic E-state index is 0.106. The summed E-state index contributed by atoms with van der Waals surface area (Å²) in [5.74, 6) is 0.803. The molecule has 2 aliphatic rings. The van der Waals surface area contributed by atoms with E-state index in [1.807, 2.05) is 6.08 Å². The largest absolute Gasteiger partial charge is 0.276 e. The smallest absolute Gasteiger partial charge is 0.156 e. The van der Waals surface area contributed by atoms with Gasteiger partial charge in [-0.3, -0.25) is 4.99 Å². The van der Waals surface area contributed by atoms with Crippen LogP contribution in [0.5, 0.6) is 0 Å². The first-order valence-electron chi connectivity index (χ1n) is 2.77. The van der Waals surface area contributed by atoms with Crippen molar-refractivity contribution in [2.45, 2.75) is 6.04 Å². The Labute approximate surface area is 52.5 Å². The maximum Gasteiger partial charge on any atom is 0.156 e. The summed E-state index contributed by atoms with van der Waals surface area (Å²) in [7, 11) is 0. The van der Waals surface area contributed by atoms with Crippen LogP contribution in [0.4, 0.5) is 0 Å². The molecule has 44 valence electrons. The summed E-state index contributed by atoms with van der Waals surface area (Å²) in [6.07, 6.45) is 7.00. The molecule has 3 nitrogen and oxygen atoms in total. The van der Waals surface area contributed by atoms with Gasteiger partial charge < -0.3 is 0 Å². The van der Waals surface area contributed by atoms with Gasteiger partial charge in [-0.05, 0) is 6.08 Å². The number of hydrogen-bond acceptors (Lipinski definition) is 3. The molecule has 1 unspecified atom stereocenters. The highest BCUT2D eigenvalue weighted by Crippen LogP contribution is 2.07. The van der Waals surface area contributed by atoms with Crippen LogP contribution in [-0.4, -0.2) is 24.3 Å². The molecule has 2 rings (SSSR count). The normalized spacial score (nSPS) is 28.4. The summed E-state index contributed by atoms with van der Waals surface area (Å²) in [5.41, 5.74) is 0. The summed E-state index contributed by atoms with van der Waals surface area (Å²) in [6.45, 7) is 0. The fraction of sp³-hybridized carbons (Fsp3) is 0.167. The first-order valence-corrected chi connectivity index (χ1v) is 2.77. The summed E-state index contributed by atoms with van der Waals surface area (Å²) >= 11 is 0. The van der Waals surface area contributed by atoms with E-state index in [0.29, 0.717) is 0 Å². The molecule has 1 atom stereocenters. The van der Waals surface area contributed by atoms with Gasteiger partial charge in [-0.1, -0.05) is 0 Å². The van der Waals surface area contributed by atoms with Gasteiger partial charge in [0.05, 0.1) is 0 Å². The second-order valence-electron chi connectivity index (χ2n) is 1.85. The molecular formula is C6H5N3. The minimum Gasteiger partial charge on any atom is -0.276 e. The van der Waals surface area contributed by atoms with Gasteiger partial charge in [-0.2, -0.15) is 0 Å². The van der Waals surface area contributed by atoms with Crippen LogP contribution in [-0.2, 0) is 0 Å². The predicted molar refractivity (Wildman–Crippen MR) is 37.3 cm³/mol. The molecule has 3 heteroatoms. The van der Waals surface area contributed by atoms with Crippen molar-refractivity contribution in [3.05, 3.63) is 12.3 Å². The molecule has 0 aromatic heterocycles. The Balaban J connectivity index is 2.40. The molecular weight excluding hydrogens is 114 g/mol. The number of hydrogen-bond donors (Lipinski definition) is 0. The number of nitrogens with zero attached hydrogens (tertiary/aromatic N) is 3. The maximum absolute atomic E-state index is 4.10. The molecule has 0 fully saturated rings. The molecule has 0 amide bonds. The second kappa shape index (κ2) is 1.62. The van der Waals surface area contributed by atoms with Crippen molar-refractivity contribution in [2.75, 3.05) is 0 Å². The van der Waals surface area contributed by atoms with E-state index in [1.54, 1.807) is 18.6 Å². The Hall–Kier alpha value is -1.25. The topological polar surface area (TPSA) is 37.1 Å². The third-order valence-corrected chi connectivity index (χ3v) is 1.26. The molecule has 0 aromatic rings. The van der Waals surface area contributed by atoms with Gasteiger partial charge in [0.1, 0.15) is 6.04 Å². The third kappa shape index (κ3) is 0.614. The molecule has 2 aliphatic heterocycles. The highest BCUT2D eigenvalue weighted by molar-refractivity contribution is 6.22. The van der Waals surface area contributed by atoms with Gasteiger partial charge in [-0.15, -0.1) is 0 Å². The van der Waals surface area contributed by atoms with E-state index in [9.17, 15) is 0 Å². The van der Waals surface area contributed by atoms with Crippen molar-refractivity contribution in [3.8, 4) is 0 Å². The molecule has 0 bridgehead atoms. The van der Waals surface area contributed by atoms with Crippen molar-refractivity contribution in [2.24, 2.45) is 15.0 Å². The van der Waals surface area contributed by atoms with Crippen molar-refractivity contribution < 1.29 is 0 Å². The molecule has 9 heavy (non-hydrogen) atoms. The fourth-order valence-electron chi connectivity index (χ4n) is 0.830. The van der Waals surface area contributed by atoms with Crippen molar-refractivity contribution in [1.29, 1.82) is 0 Å². The second-order valence-corrected chi connectivity index (χ2v) is 1.85. The molecule has 0 radical (unpaired) electrons. The number of amidine groups is 1. The van der Waals surface area contributed by atoms with Gasteiger partial charge in [0, 0.05) is 18.6 Å². The summed E-state index contributed by atoms with van der Waals surface area (Å²) in [6, 6.07) is 0.106. The Bertz CT molecular complexity index is 235. The van der Waals surface area contributed by atoms with Crippen LogP contribution in [0.25, 0.3) is 0 Å².